The van der Waals surface area contributed by atoms with E-state index in [1.165, 1.54) is 26.2 Å². The Labute approximate surface area is 167 Å². The Balaban J connectivity index is 0.000000170. The molecule has 0 heterocycles. The van der Waals surface area contributed by atoms with Crippen molar-refractivity contribution in [2.24, 2.45) is 0 Å². The number of hydrogen-bond acceptors (Lipinski definition) is 0. The van der Waals surface area contributed by atoms with Gasteiger partial charge in [-0.1, -0.05) is 6.07 Å². The van der Waals surface area contributed by atoms with Gasteiger partial charge in [0.1, 0.15) is 0 Å². The monoisotopic (exact) mass is 492 g/mol. The zero-order valence-corrected chi connectivity index (χ0v) is 17.5. The molecule has 0 atom stereocenters. The average molecular weight is 492 g/mol. The summed E-state index contributed by atoms with van der Waals surface area (Å²) in [6.07, 6.45) is 20.0. The first-order chi connectivity index (χ1) is 12.3. The molecule has 2 fully saturated rings. The van der Waals surface area contributed by atoms with Crippen LogP contribution in [0.2, 0.25) is 0 Å². The Morgan fingerprint density at radius 3 is 1.04 bits per heavy atom. The molecule has 0 bridgehead atoms. The van der Waals surface area contributed by atoms with Gasteiger partial charge in [0.25, 0.3) is 0 Å². The first-order valence-electron chi connectivity index (χ1n) is 8.06. The topological polar surface area (TPSA) is 0 Å². The van der Waals surface area contributed by atoms with Crippen molar-refractivity contribution in [3.8, 4) is 0 Å². The maximum atomic E-state index is 3.72. The summed E-state index contributed by atoms with van der Waals surface area (Å²) in [7, 11) is 0. The molecule has 10 radical (unpaired) electrons. The van der Waals surface area contributed by atoms with E-state index in [2.05, 4.69) is 35.4 Å². The molecular formula is C24H23Ta-. The molecule has 0 saturated heterocycles. The molecule has 2 aliphatic carbocycles. The Hall–Kier alpha value is -1.08. The van der Waals surface area contributed by atoms with Crippen LogP contribution >= 0.6 is 0 Å². The second-order valence-electron chi connectivity index (χ2n) is 4.95. The summed E-state index contributed by atoms with van der Waals surface area (Å²) in [6.45, 7) is 3.72. The van der Waals surface area contributed by atoms with Crippen LogP contribution in [0.5, 0.6) is 0 Å². The summed E-state index contributed by atoms with van der Waals surface area (Å²) >= 11 is 1.33. The van der Waals surface area contributed by atoms with Gasteiger partial charge >= 0.3 is 60.7 Å². The molecule has 2 aromatic rings. The standard InChI is InChI=1S/C7H7.C7H6.2C5H5.Ta/c2*1-7-5-3-2-4-6-7;2*1-2-4-5-3-1;/h2-6H,1H2;1-6H;2*1-5H;/q-1;;;;. The molecule has 0 unspecified atom stereocenters. The molecule has 25 heavy (non-hydrogen) atoms. The Kier molecular flexibility index (Phi) is 14.4. The SMILES string of the molecule is [CH2-]c1ccccc1.[CH]1[CH][CH][CH][CH]1.[CH]1[CH][CH][CH][CH]1.[Ta]=[CH]c1ccccc1. The Morgan fingerprint density at radius 1 is 0.520 bits per heavy atom. The quantitative estimate of drug-likeness (QED) is 0.475. The van der Waals surface area contributed by atoms with E-state index in [0.717, 1.165) is 5.56 Å². The van der Waals surface area contributed by atoms with Crippen molar-refractivity contribution in [2.45, 2.75) is 0 Å². The van der Waals surface area contributed by atoms with Gasteiger partial charge in [-0.05, 0) is 64.2 Å². The first kappa shape index (κ1) is 22.0. The summed E-state index contributed by atoms with van der Waals surface area (Å²) in [5.74, 6) is 0. The third kappa shape index (κ3) is 13.8. The van der Waals surface area contributed by atoms with E-state index in [1.807, 2.05) is 101 Å². The van der Waals surface area contributed by atoms with Crippen molar-refractivity contribution in [2.75, 3.05) is 0 Å². The van der Waals surface area contributed by atoms with E-state index in [4.69, 9.17) is 0 Å². The molecule has 0 spiro atoms. The van der Waals surface area contributed by atoms with E-state index in [1.54, 1.807) is 0 Å². The summed E-state index contributed by atoms with van der Waals surface area (Å²) in [5, 5.41) is 0. The molecule has 0 nitrogen and oxygen atoms in total. The predicted octanol–water partition coefficient (Wildman–Crippen LogP) is 5.30. The summed E-state index contributed by atoms with van der Waals surface area (Å²) < 4.78 is 2.19. The van der Waals surface area contributed by atoms with Crippen LogP contribution in [0.15, 0.2) is 60.7 Å². The normalized spacial score (nSPS) is 14.7. The molecule has 4 rings (SSSR count). The number of rotatable bonds is 1. The summed E-state index contributed by atoms with van der Waals surface area (Å²) in [6, 6.07) is 20.2. The molecule has 2 saturated carbocycles. The van der Waals surface area contributed by atoms with Gasteiger partial charge < -0.3 is 0 Å². The van der Waals surface area contributed by atoms with Crippen LogP contribution in [0.25, 0.3) is 0 Å². The Bertz CT molecular complexity index is 485. The minimum absolute atomic E-state index is 1.07. The van der Waals surface area contributed by atoms with Gasteiger partial charge in [-0.25, -0.2) is 0 Å². The molecule has 2 aliphatic rings. The molecule has 0 amide bonds. The van der Waals surface area contributed by atoms with Gasteiger partial charge in [0, 0.05) is 0 Å². The van der Waals surface area contributed by atoms with Crippen LogP contribution in [0, 0.1) is 71.1 Å². The van der Waals surface area contributed by atoms with Gasteiger partial charge in [-0.15, -0.1) is 12.1 Å². The van der Waals surface area contributed by atoms with E-state index in [0.29, 0.717) is 0 Å². The van der Waals surface area contributed by atoms with Crippen molar-refractivity contribution < 1.29 is 20.6 Å². The summed E-state index contributed by atoms with van der Waals surface area (Å²) in [5.41, 5.74) is 2.41. The van der Waals surface area contributed by atoms with Crippen LogP contribution in [0.3, 0.4) is 0 Å². The fourth-order valence-electron chi connectivity index (χ4n) is 1.66. The maximum absolute atomic E-state index is 3.72. The van der Waals surface area contributed by atoms with E-state index < -0.39 is 0 Å². The van der Waals surface area contributed by atoms with Crippen LogP contribution in [0.4, 0.5) is 0 Å². The molecule has 0 aliphatic heterocycles. The fourth-order valence-corrected chi connectivity index (χ4v) is 2.28. The van der Waals surface area contributed by atoms with Gasteiger partial charge in [-0.3, -0.25) is 0 Å². The zero-order valence-electron chi connectivity index (χ0n) is 14.3. The third-order valence-corrected chi connectivity index (χ3v) is 3.97. The molecule has 0 aromatic heterocycles. The number of hydrogen-bond donors (Lipinski definition) is 0. The Morgan fingerprint density at radius 2 is 0.840 bits per heavy atom. The van der Waals surface area contributed by atoms with Gasteiger partial charge in [0.05, 0.1) is 0 Å². The van der Waals surface area contributed by atoms with Gasteiger partial charge in [0.15, 0.2) is 0 Å². The first-order valence-corrected chi connectivity index (χ1v) is 9.91. The van der Waals surface area contributed by atoms with Crippen molar-refractivity contribution in [3.63, 3.8) is 0 Å². The van der Waals surface area contributed by atoms with Gasteiger partial charge in [-0.2, -0.15) is 24.6 Å². The molecule has 2 aromatic carbocycles. The van der Waals surface area contributed by atoms with E-state index in [-0.39, 0.29) is 0 Å². The van der Waals surface area contributed by atoms with Crippen LogP contribution < -0.4 is 0 Å². The van der Waals surface area contributed by atoms with Crippen molar-refractivity contribution in [1.29, 1.82) is 0 Å². The van der Waals surface area contributed by atoms with E-state index in [9.17, 15) is 0 Å². The van der Waals surface area contributed by atoms with Crippen molar-refractivity contribution in [3.05, 3.63) is 143 Å². The van der Waals surface area contributed by atoms with Crippen LogP contribution in [-0.4, -0.2) is 4.23 Å². The predicted molar refractivity (Wildman–Crippen MR) is 106 cm³/mol. The van der Waals surface area contributed by atoms with Crippen LogP contribution in [0.1, 0.15) is 11.1 Å². The molecule has 1 heteroatoms. The second kappa shape index (κ2) is 16.4. The van der Waals surface area contributed by atoms with Gasteiger partial charge in [0.2, 0.25) is 0 Å². The van der Waals surface area contributed by atoms with Crippen molar-refractivity contribution >= 4 is 4.23 Å². The summed E-state index contributed by atoms with van der Waals surface area (Å²) in [4.78, 5) is 0. The molecule has 125 valence electrons. The van der Waals surface area contributed by atoms with E-state index >= 15 is 0 Å². The fraction of sp³-hybridized carbons (Fsp3) is 0. The minimum atomic E-state index is 1.07. The average Bonchev–Trinajstić information content (AvgIpc) is 3.42. The van der Waals surface area contributed by atoms with Crippen LogP contribution in [-0.2, 0) is 20.6 Å². The molecule has 0 N–H and O–H groups in total. The number of benzene rings is 2. The zero-order chi connectivity index (χ0) is 18.0. The second-order valence-corrected chi connectivity index (χ2v) is 5.88. The van der Waals surface area contributed by atoms with Crippen molar-refractivity contribution in [1.82, 2.24) is 0 Å². The molecular weight excluding hydrogens is 469 g/mol. The third-order valence-electron chi connectivity index (χ3n) is 2.90.